The molecular formula is C14H15N3O4. The summed E-state index contributed by atoms with van der Waals surface area (Å²) in [6.45, 7) is 0. The molecule has 110 valence electrons. The minimum atomic E-state index is -1.26. The Kier molecular flexibility index (Phi) is 5.77. The van der Waals surface area contributed by atoms with Gasteiger partial charge in [0.25, 0.3) is 0 Å². The van der Waals surface area contributed by atoms with Crippen molar-refractivity contribution in [3.63, 3.8) is 0 Å². The maximum absolute atomic E-state index is 12.2. The third-order valence-electron chi connectivity index (χ3n) is 2.62. The number of carbonyl (C=O) groups excluding carboxylic acids is 2. The van der Waals surface area contributed by atoms with E-state index in [1.807, 2.05) is 0 Å². The second-order valence-corrected chi connectivity index (χ2v) is 4.16. The molecule has 0 aromatic heterocycles. The van der Waals surface area contributed by atoms with E-state index in [-0.39, 0.29) is 6.42 Å². The molecule has 7 nitrogen and oxygen atoms in total. The summed E-state index contributed by atoms with van der Waals surface area (Å²) in [4.78, 5) is 34.2. The molecule has 5 N–H and O–H groups in total. The third-order valence-corrected chi connectivity index (χ3v) is 2.62. The van der Waals surface area contributed by atoms with E-state index in [4.69, 9.17) is 17.3 Å². The van der Waals surface area contributed by atoms with Crippen molar-refractivity contribution in [2.75, 3.05) is 0 Å². The Balaban J connectivity index is 2.93. The van der Waals surface area contributed by atoms with Crippen LogP contribution in [0.2, 0.25) is 0 Å². The monoisotopic (exact) mass is 289 g/mol. The van der Waals surface area contributed by atoms with E-state index in [1.165, 1.54) is 0 Å². The molecular weight excluding hydrogens is 274 g/mol. The van der Waals surface area contributed by atoms with Crippen LogP contribution in [0.5, 0.6) is 0 Å². The molecule has 7 heteroatoms. The normalized spacial score (nSPS) is 12.5. The molecule has 0 bridgehead atoms. The van der Waals surface area contributed by atoms with Crippen LogP contribution in [0.25, 0.3) is 0 Å². The molecule has 1 aromatic carbocycles. The predicted molar refractivity (Wildman–Crippen MR) is 74.9 cm³/mol. The maximum atomic E-state index is 12.2. The summed E-state index contributed by atoms with van der Waals surface area (Å²) in [7, 11) is 0. The fourth-order valence-electron chi connectivity index (χ4n) is 1.66. The molecule has 0 radical (unpaired) electrons. The van der Waals surface area contributed by atoms with E-state index >= 15 is 0 Å². The molecule has 0 aliphatic carbocycles. The number of primary amides is 1. The molecule has 2 unspecified atom stereocenters. The molecule has 1 rings (SSSR count). The second-order valence-electron chi connectivity index (χ2n) is 4.16. The average Bonchev–Trinajstić information content (AvgIpc) is 2.44. The molecule has 1 aromatic rings. The number of terminal acetylenes is 1. The fraction of sp³-hybridized carbons (Fsp3) is 0.214. The fourth-order valence-corrected chi connectivity index (χ4v) is 1.66. The first kappa shape index (κ1) is 16.0. The SMILES string of the molecule is C#CCC(NC(=O)C(NC(N)=O)c1ccccc1)C(=O)O. The first-order valence-electron chi connectivity index (χ1n) is 6.03. The predicted octanol–water partition coefficient (Wildman–Crippen LogP) is -0.0113. The summed E-state index contributed by atoms with van der Waals surface area (Å²) in [6.07, 6.45) is 4.89. The zero-order valence-electron chi connectivity index (χ0n) is 11.1. The van der Waals surface area contributed by atoms with Gasteiger partial charge in [0.2, 0.25) is 5.91 Å². The lowest BCUT2D eigenvalue weighted by Gasteiger charge is -2.20. The number of hydrogen-bond donors (Lipinski definition) is 4. The van der Waals surface area contributed by atoms with E-state index in [1.54, 1.807) is 30.3 Å². The van der Waals surface area contributed by atoms with Gasteiger partial charge in [0.05, 0.1) is 0 Å². The highest BCUT2D eigenvalue weighted by Crippen LogP contribution is 2.13. The Morgan fingerprint density at radius 2 is 1.86 bits per heavy atom. The van der Waals surface area contributed by atoms with Crippen LogP contribution in [0.3, 0.4) is 0 Å². The highest BCUT2D eigenvalue weighted by atomic mass is 16.4. The molecule has 0 aliphatic heterocycles. The van der Waals surface area contributed by atoms with Crippen LogP contribution in [0.1, 0.15) is 18.0 Å². The number of aliphatic carboxylic acids is 1. The van der Waals surface area contributed by atoms with Gasteiger partial charge in [-0.3, -0.25) is 4.79 Å². The van der Waals surface area contributed by atoms with Crippen LogP contribution < -0.4 is 16.4 Å². The van der Waals surface area contributed by atoms with Crippen molar-refractivity contribution in [2.24, 2.45) is 5.73 Å². The number of rotatable bonds is 6. The first-order chi connectivity index (χ1) is 9.95. The van der Waals surface area contributed by atoms with E-state index in [2.05, 4.69) is 16.6 Å². The summed E-state index contributed by atoms with van der Waals surface area (Å²) in [5, 5.41) is 13.5. The Bertz CT molecular complexity index is 565. The molecule has 21 heavy (non-hydrogen) atoms. The summed E-state index contributed by atoms with van der Waals surface area (Å²) in [6, 6.07) is 5.08. The Hall–Kier alpha value is -3.01. The van der Waals surface area contributed by atoms with Crippen molar-refractivity contribution in [1.29, 1.82) is 0 Å². The molecule has 0 saturated carbocycles. The van der Waals surface area contributed by atoms with Gasteiger partial charge in [-0.25, -0.2) is 9.59 Å². The number of hydrogen-bond acceptors (Lipinski definition) is 3. The molecule has 0 saturated heterocycles. The van der Waals surface area contributed by atoms with Gasteiger partial charge in [0.15, 0.2) is 0 Å². The number of nitrogens with one attached hydrogen (secondary N) is 2. The smallest absolute Gasteiger partial charge is 0.327 e. The highest BCUT2D eigenvalue weighted by molar-refractivity contribution is 5.90. The van der Waals surface area contributed by atoms with Crippen LogP contribution in [0, 0.1) is 12.3 Å². The third kappa shape index (κ3) is 4.87. The van der Waals surface area contributed by atoms with E-state index in [0.717, 1.165) is 0 Å². The summed E-state index contributed by atoms with van der Waals surface area (Å²) < 4.78 is 0. The van der Waals surface area contributed by atoms with Gasteiger partial charge in [-0.1, -0.05) is 30.3 Å². The van der Waals surface area contributed by atoms with Gasteiger partial charge in [0, 0.05) is 6.42 Å². The number of carboxylic acids is 1. The highest BCUT2D eigenvalue weighted by Gasteiger charge is 2.26. The Morgan fingerprint density at radius 1 is 1.24 bits per heavy atom. The van der Waals surface area contributed by atoms with E-state index in [0.29, 0.717) is 5.56 Å². The summed E-state index contributed by atoms with van der Waals surface area (Å²) >= 11 is 0. The number of nitrogens with two attached hydrogens (primary N) is 1. The molecule has 0 heterocycles. The number of carbonyl (C=O) groups is 3. The number of urea groups is 1. The van der Waals surface area contributed by atoms with Crippen molar-refractivity contribution < 1.29 is 19.5 Å². The zero-order chi connectivity index (χ0) is 15.8. The van der Waals surface area contributed by atoms with Crippen LogP contribution in [-0.2, 0) is 9.59 Å². The summed E-state index contributed by atoms with van der Waals surface area (Å²) in [5.74, 6) is 0.203. The summed E-state index contributed by atoms with van der Waals surface area (Å²) in [5.41, 5.74) is 5.51. The minimum Gasteiger partial charge on any atom is -0.480 e. The number of amides is 3. The van der Waals surface area contributed by atoms with Crippen LogP contribution >= 0.6 is 0 Å². The van der Waals surface area contributed by atoms with E-state index in [9.17, 15) is 14.4 Å². The Labute approximate surface area is 121 Å². The lowest BCUT2D eigenvalue weighted by molar-refractivity contribution is -0.141. The first-order valence-corrected chi connectivity index (χ1v) is 6.03. The van der Waals surface area contributed by atoms with Crippen molar-refractivity contribution >= 4 is 17.9 Å². The van der Waals surface area contributed by atoms with Crippen molar-refractivity contribution in [3.05, 3.63) is 35.9 Å². The topological polar surface area (TPSA) is 122 Å². The standard InChI is InChI=1S/C14H15N3O4/c1-2-6-10(13(19)20)16-12(18)11(17-14(15)21)9-7-4-3-5-8-9/h1,3-5,7-8,10-11H,6H2,(H,16,18)(H,19,20)(H3,15,17,21). The van der Waals surface area contributed by atoms with Gasteiger partial charge in [-0.2, -0.15) is 0 Å². The number of carboxylic acid groups (broad SMARTS) is 1. The lowest BCUT2D eigenvalue weighted by atomic mass is 10.1. The largest absolute Gasteiger partial charge is 0.480 e. The lowest BCUT2D eigenvalue weighted by Crippen LogP contribution is -2.48. The zero-order valence-corrected chi connectivity index (χ0v) is 11.1. The van der Waals surface area contributed by atoms with Gasteiger partial charge >= 0.3 is 12.0 Å². The second kappa shape index (κ2) is 7.55. The number of benzene rings is 1. The van der Waals surface area contributed by atoms with Crippen molar-refractivity contribution in [2.45, 2.75) is 18.5 Å². The maximum Gasteiger partial charge on any atom is 0.327 e. The van der Waals surface area contributed by atoms with Crippen LogP contribution in [-0.4, -0.2) is 29.1 Å². The van der Waals surface area contributed by atoms with Gasteiger partial charge in [0.1, 0.15) is 12.1 Å². The minimum absolute atomic E-state index is 0.168. The average molecular weight is 289 g/mol. The van der Waals surface area contributed by atoms with E-state index < -0.39 is 30.0 Å². The van der Waals surface area contributed by atoms with Crippen molar-refractivity contribution in [1.82, 2.24) is 10.6 Å². The molecule has 0 spiro atoms. The van der Waals surface area contributed by atoms with Gasteiger partial charge < -0.3 is 21.5 Å². The van der Waals surface area contributed by atoms with Gasteiger partial charge in [-0.05, 0) is 5.56 Å². The molecule has 0 aliphatic rings. The van der Waals surface area contributed by atoms with Crippen LogP contribution in [0.15, 0.2) is 30.3 Å². The van der Waals surface area contributed by atoms with Crippen molar-refractivity contribution in [3.8, 4) is 12.3 Å². The quantitative estimate of drug-likeness (QED) is 0.550. The van der Waals surface area contributed by atoms with Crippen LogP contribution in [0.4, 0.5) is 4.79 Å². The Morgan fingerprint density at radius 3 is 2.33 bits per heavy atom. The molecule has 3 amide bonds. The molecule has 0 fully saturated rings. The van der Waals surface area contributed by atoms with Gasteiger partial charge in [-0.15, -0.1) is 12.3 Å². The molecule has 2 atom stereocenters.